The molecule has 15 heteroatoms. The molecular formula is C30H23Cl2F3N6O4. The van der Waals surface area contributed by atoms with E-state index in [0.717, 1.165) is 24.3 Å². The number of ether oxygens (including phenoxy) is 1. The Morgan fingerprint density at radius 1 is 1.04 bits per heavy atom. The van der Waals surface area contributed by atoms with Crippen LogP contribution in [0.25, 0.3) is 17.3 Å². The number of rotatable bonds is 4. The summed E-state index contributed by atoms with van der Waals surface area (Å²) in [6, 6.07) is 8.29. The first-order chi connectivity index (χ1) is 21.5. The standard InChI is InChI=1S/C30H23Cl2F3N6O4/c1-45-30(44)37-15-2-4-17-22(12-15)38-25(43)11-9-21-20(34)7-3-14(36-21)13-23(29-40-27(17)28(32)41-29)39-24(42)10-5-16-19(33)8-6-18(31)26(16)35/h2-8,10,12,23H,9,11,13H2,1H3,(H,37,44)(H,38,43)(H,39,42)(H,40,41)/b10-5+. The van der Waals surface area contributed by atoms with Gasteiger partial charge in [0.05, 0.1) is 29.6 Å². The largest absolute Gasteiger partial charge is 0.453 e. The van der Waals surface area contributed by atoms with Crippen LogP contribution < -0.4 is 16.0 Å². The van der Waals surface area contributed by atoms with E-state index in [9.17, 15) is 27.6 Å². The zero-order valence-corrected chi connectivity index (χ0v) is 24.8. The van der Waals surface area contributed by atoms with E-state index in [2.05, 4.69) is 35.6 Å². The molecule has 4 bridgehead atoms. The number of anilines is 2. The minimum Gasteiger partial charge on any atom is -0.453 e. The molecule has 45 heavy (non-hydrogen) atoms. The molecule has 0 spiro atoms. The third kappa shape index (κ3) is 7.27. The van der Waals surface area contributed by atoms with E-state index < -0.39 is 47.0 Å². The normalized spacial score (nSPS) is 14.7. The Morgan fingerprint density at radius 2 is 1.82 bits per heavy atom. The molecule has 1 aliphatic heterocycles. The molecule has 3 amide bonds. The Morgan fingerprint density at radius 3 is 2.60 bits per heavy atom. The van der Waals surface area contributed by atoms with E-state index in [1.54, 1.807) is 6.07 Å². The Balaban J connectivity index is 1.55. The number of nitrogens with zero attached hydrogens (tertiary/aromatic N) is 2. The minimum atomic E-state index is -1.03. The first-order valence-electron chi connectivity index (χ1n) is 13.3. The lowest BCUT2D eigenvalue weighted by Crippen LogP contribution is -2.29. The molecule has 0 saturated heterocycles. The molecule has 4 N–H and O–H groups in total. The van der Waals surface area contributed by atoms with Crippen LogP contribution in [0.5, 0.6) is 0 Å². The smallest absolute Gasteiger partial charge is 0.411 e. The highest BCUT2D eigenvalue weighted by Gasteiger charge is 2.25. The van der Waals surface area contributed by atoms with Crippen LogP contribution in [0.1, 0.15) is 35.2 Å². The number of aryl methyl sites for hydroxylation is 1. The number of aromatic amines is 1. The fourth-order valence-electron chi connectivity index (χ4n) is 4.58. The molecule has 0 saturated carbocycles. The second-order valence-electron chi connectivity index (χ2n) is 9.80. The first kappa shape index (κ1) is 31.5. The summed E-state index contributed by atoms with van der Waals surface area (Å²) in [5.74, 6) is -3.62. The number of nitrogens with one attached hydrogen (secondary N) is 4. The Kier molecular flexibility index (Phi) is 9.40. The van der Waals surface area contributed by atoms with Crippen LogP contribution in [-0.4, -0.2) is 40.0 Å². The van der Waals surface area contributed by atoms with E-state index in [-0.39, 0.29) is 52.3 Å². The summed E-state index contributed by atoms with van der Waals surface area (Å²) in [4.78, 5) is 49.6. The zero-order chi connectivity index (χ0) is 32.2. The Labute approximate surface area is 264 Å². The molecule has 0 radical (unpaired) electrons. The maximum Gasteiger partial charge on any atom is 0.411 e. The number of halogens is 5. The molecule has 3 heterocycles. The van der Waals surface area contributed by atoms with Crippen molar-refractivity contribution >= 4 is 58.6 Å². The summed E-state index contributed by atoms with van der Waals surface area (Å²) < 4.78 is 47.9. The summed E-state index contributed by atoms with van der Waals surface area (Å²) in [7, 11) is 1.20. The number of benzene rings is 2. The molecule has 5 rings (SSSR count). The Bertz CT molecular complexity index is 1850. The van der Waals surface area contributed by atoms with Gasteiger partial charge in [-0.2, -0.15) is 0 Å². The topological polar surface area (TPSA) is 138 Å². The van der Waals surface area contributed by atoms with Crippen molar-refractivity contribution < 1.29 is 32.3 Å². The van der Waals surface area contributed by atoms with Gasteiger partial charge in [-0.25, -0.2) is 22.9 Å². The van der Waals surface area contributed by atoms with Gasteiger partial charge in [0.15, 0.2) is 5.82 Å². The predicted octanol–water partition coefficient (Wildman–Crippen LogP) is 6.37. The number of hydrogen-bond donors (Lipinski definition) is 4. The van der Waals surface area contributed by atoms with E-state index >= 15 is 0 Å². The number of carbonyl (C=O) groups excluding carboxylic acids is 3. The molecule has 2 aromatic heterocycles. The molecule has 10 nitrogen and oxygen atoms in total. The minimum absolute atomic E-state index is 0.00291. The van der Waals surface area contributed by atoms with Crippen molar-refractivity contribution in [3.63, 3.8) is 0 Å². The maximum atomic E-state index is 14.7. The molecule has 232 valence electrons. The Hall–Kier alpha value is -4.88. The van der Waals surface area contributed by atoms with Crippen LogP contribution in [0.4, 0.5) is 29.3 Å². The van der Waals surface area contributed by atoms with Gasteiger partial charge in [-0.15, -0.1) is 0 Å². The predicted molar refractivity (Wildman–Crippen MR) is 161 cm³/mol. The summed E-state index contributed by atoms with van der Waals surface area (Å²) in [6.07, 6.45) is 0.957. The maximum absolute atomic E-state index is 14.7. The molecule has 1 aliphatic rings. The van der Waals surface area contributed by atoms with Gasteiger partial charge in [0.1, 0.15) is 28.3 Å². The van der Waals surface area contributed by atoms with Crippen LogP contribution in [0.15, 0.2) is 48.5 Å². The van der Waals surface area contributed by atoms with E-state index in [4.69, 9.17) is 23.2 Å². The van der Waals surface area contributed by atoms with Crippen molar-refractivity contribution in [1.82, 2.24) is 20.3 Å². The summed E-state index contributed by atoms with van der Waals surface area (Å²) in [6.45, 7) is 0. The monoisotopic (exact) mass is 658 g/mol. The highest BCUT2D eigenvalue weighted by atomic mass is 35.5. The lowest BCUT2D eigenvalue weighted by molar-refractivity contribution is -0.117. The van der Waals surface area contributed by atoms with Crippen molar-refractivity contribution in [2.75, 3.05) is 17.7 Å². The lowest BCUT2D eigenvalue weighted by Gasteiger charge is -2.17. The van der Waals surface area contributed by atoms with Crippen molar-refractivity contribution in [3.8, 4) is 11.3 Å². The molecule has 1 atom stereocenters. The number of imidazole rings is 1. The van der Waals surface area contributed by atoms with Gasteiger partial charge in [-0.3, -0.25) is 19.9 Å². The summed E-state index contributed by atoms with van der Waals surface area (Å²) in [5.41, 5.74) is 0.962. The summed E-state index contributed by atoms with van der Waals surface area (Å²) >= 11 is 12.3. The molecule has 2 aromatic carbocycles. The van der Waals surface area contributed by atoms with Crippen molar-refractivity contribution in [1.29, 1.82) is 0 Å². The molecule has 0 aliphatic carbocycles. The van der Waals surface area contributed by atoms with Crippen molar-refractivity contribution in [2.45, 2.75) is 25.3 Å². The number of H-pyrrole nitrogens is 1. The molecule has 4 aromatic rings. The van der Waals surface area contributed by atoms with E-state index in [1.165, 1.54) is 31.4 Å². The van der Waals surface area contributed by atoms with Crippen LogP contribution in [0.2, 0.25) is 10.2 Å². The SMILES string of the molecule is COC(=O)Nc1ccc2c(c1)NC(=O)CCc1nc(ccc1F)CC(NC(=O)/C=C/c1c(F)ccc(Cl)c1F)c1nc-2c(Cl)[nH]1. The third-order valence-corrected chi connectivity index (χ3v) is 7.33. The molecule has 1 unspecified atom stereocenters. The number of aromatic nitrogens is 3. The van der Waals surface area contributed by atoms with Gasteiger partial charge < -0.3 is 20.4 Å². The van der Waals surface area contributed by atoms with E-state index in [0.29, 0.717) is 16.9 Å². The van der Waals surface area contributed by atoms with Crippen molar-refractivity contribution in [2.24, 2.45) is 0 Å². The van der Waals surface area contributed by atoms with Crippen LogP contribution in [0.3, 0.4) is 0 Å². The number of hydrogen-bond acceptors (Lipinski definition) is 6. The van der Waals surface area contributed by atoms with Gasteiger partial charge in [0.2, 0.25) is 11.8 Å². The van der Waals surface area contributed by atoms with Gasteiger partial charge in [0, 0.05) is 47.8 Å². The van der Waals surface area contributed by atoms with Gasteiger partial charge in [-0.05, 0) is 48.5 Å². The van der Waals surface area contributed by atoms with Crippen LogP contribution in [0, 0.1) is 17.5 Å². The van der Waals surface area contributed by atoms with Crippen molar-refractivity contribution in [3.05, 3.63) is 98.9 Å². The number of pyridine rings is 1. The number of carbonyl (C=O) groups is 3. The quantitative estimate of drug-likeness (QED) is 0.148. The highest BCUT2D eigenvalue weighted by Crippen LogP contribution is 2.35. The fraction of sp³-hybridized carbons (Fsp3) is 0.167. The van der Waals surface area contributed by atoms with Crippen LogP contribution in [-0.2, 0) is 27.2 Å². The number of fused-ring (bicyclic) bond motifs is 6. The van der Waals surface area contributed by atoms with E-state index in [1.807, 2.05) is 0 Å². The second-order valence-corrected chi connectivity index (χ2v) is 10.6. The van der Waals surface area contributed by atoms with Gasteiger partial charge in [0.25, 0.3) is 0 Å². The van der Waals surface area contributed by atoms with Crippen LogP contribution >= 0.6 is 23.2 Å². The summed E-state index contributed by atoms with van der Waals surface area (Å²) in [5, 5.41) is 7.70. The first-order valence-corrected chi connectivity index (χ1v) is 14.1. The lowest BCUT2D eigenvalue weighted by atomic mass is 10.1. The van der Waals surface area contributed by atoms with Gasteiger partial charge >= 0.3 is 6.09 Å². The molecular weight excluding hydrogens is 636 g/mol. The van der Waals surface area contributed by atoms with Gasteiger partial charge in [-0.1, -0.05) is 23.2 Å². The number of amides is 3. The number of methoxy groups -OCH3 is 1. The molecule has 0 fully saturated rings. The second kappa shape index (κ2) is 13.4. The highest BCUT2D eigenvalue weighted by molar-refractivity contribution is 6.32. The third-order valence-electron chi connectivity index (χ3n) is 6.76. The average Bonchev–Trinajstić information content (AvgIpc) is 3.39. The fourth-order valence-corrected chi connectivity index (χ4v) is 4.98. The average molecular weight is 659 g/mol. The zero-order valence-electron chi connectivity index (χ0n) is 23.3.